The number of nitrogens with one attached hydrogen (secondary N) is 1. The highest BCUT2D eigenvalue weighted by Crippen LogP contribution is 2.38. The first-order valence-electron chi connectivity index (χ1n) is 15.0. The molecule has 1 aliphatic rings. The number of nitrogens with zero attached hydrogens (tertiary/aromatic N) is 1. The van der Waals surface area contributed by atoms with Crippen molar-refractivity contribution in [3.05, 3.63) is 143 Å². The first-order chi connectivity index (χ1) is 21.1. The molecule has 4 aromatic carbocycles. The van der Waals surface area contributed by atoms with Crippen LogP contribution in [0.3, 0.4) is 0 Å². The van der Waals surface area contributed by atoms with Gasteiger partial charge in [-0.15, -0.1) is 0 Å². The Bertz CT molecular complexity index is 1660. The fraction of sp³-hybridized carbons (Fsp3) is 0.211. The van der Waals surface area contributed by atoms with Crippen LogP contribution in [0.1, 0.15) is 65.1 Å². The molecule has 1 heterocycles. The van der Waals surface area contributed by atoms with E-state index in [1.807, 2.05) is 66.7 Å². The Morgan fingerprint density at radius 1 is 0.791 bits per heavy atom. The first kappa shape index (κ1) is 28.7. The van der Waals surface area contributed by atoms with Crippen molar-refractivity contribution < 1.29 is 9.53 Å². The number of aromatic nitrogens is 1. The molecule has 1 aromatic heterocycles. The van der Waals surface area contributed by atoms with Gasteiger partial charge in [-0.3, -0.25) is 9.78 Å². The average Bonchev–Trinajstić information content (AvgIpc) is 3.08. The van der Waals surface area contributed by atoms with Gasteiger partial charge in [-0.05, 0) is 106 Å². The summed E-state index contributed by atoms with van der Waals surface area (Å²) in [4.78, 5) is 17.1. The van der Waals surface area contributed by atoms with Crippen LogP contribution in [0.15, 0.2) is 116 Å². The summed E-state index contributed by atoms with van der Waals surface area (Å²) < 4.78 is 6.31. The number of rotatable bonds is 9. The number of halogens is 1. The van der Waals surface area contributed by atoms with Crippen molar-refractivity contribution in [2.45, 2.75) is 51.2 Å². The lowest BCUT2D eigenvalue weighted by atomic mass is 9.81. The van der Waals surface area contributed by atoms with Gasteiger partial charge in [0.25, 0.3) is 5.91 Å². The van der Waals surface area contributed by atoms with Gasteiger partial charge in [0, 0.05) is 29.5 Å². The van der Waals surface area contributed by atoms with Crippen molar-refractivity contribution in [2.24, 2.45) is 0 Å². The van der Waals surface area contributed by atoms with E-state index in [0.717, 1.165) is 28.0 Å². The summed E-state index contributed by atoms with van der Waals surface area (Å²) in [6.45, 7) is 0.754. The van der Waals surface area contributed by atoms with Gasteiger partial charge in [-0.2, -0.15) is 0 Å². The molecule has 1 saturated carbocycles. The van der Waals surface area contributed by atoms with Gasteiger partial charge in [-0.25, -0.2) is 0 Å². The largest absolute Gasteiger partial charge is 0.489 e. The van der Waals surface area contributed by atoms with Gasteiger partial charge >= 0.3 is 0 Å². The summed E-state index contributed by atoms with van der Waals surface area (Å²) in [6.07, 6.45) is 9.97. The Labute approximate surface area is 258 Å². The van der Waals surface area contributed by atoms with Crippen molar-refractivity contribution in [1.82, 2.24) is 10.3 Å². The Morgan fingerprint density at radius 3 is 2.26 bits per heavy atom. The summed E-state index contributed by atoms with van der Waals surface area (Å²) in [6, 6.07) is 34.5. The van der Waals surface area contributed by atoms with Crippen molar-refractivity contribution in [1.29, 1.82) is 0 Å². The van der Waals surface area contributed by atoms with Crippen LogP contribution in [0.5, 0.6) is 5.75 Å². The van der Waals surface area contributed by atoms with Crippen LogP contribution in [0.2, 0.25) is 5.02 Å². The molecule has 0 saturated heterocycles. The fourth-order valence-corrected chi connectivity index (χ4v) is 6.10. The monoisotopic (exact) mass is 586 g/mol. The number of benzene rings is 4. The summed E-state index contributed by atoms with van der Waals surface area (Å²) in [5, 5.41) is 3.69. The van der Waals surface area contributed by atoms with Crippen molar-refractivity contribution >= 4 is 17.5 Å². The van der Waals surface area contributed by atoms with Crippen LogP contribution >= 0.6 is 11.6 Å². The lowest BCUT2D eigenvalue weighted by Gasteiger charge is -2.24. The first-order valence-corrected chi connectivity index (χ1v) is 15.4. The van der Waals surface area contributed by atoms with Crippen LogP contribution < -0.4 is 10.1 Å². The van der Waals surface area contributed by atoms with Gasteiger partial charge in [0.1, 0.15) is 12.4 Å². The van der Waals surface area contributed by atoms with Gasteiger partial charge in [0.15, 0.2) is 0 Å². The Morgan fingerprint density at radius 2 is 1.49 bits per heavy atom. The van der Waals surface area contributed by atoms with E-state index in [4.69, 9.17) is 16.3 Å². The molecular formula is C38H35ClN2O2. The number of pyridine rings is 1. The molecule has 216 valence electrons. The van der Waals surface area contributed by atoms with E-state index in [1.54, 1.807) is 12.4 Å². The van der Waals surface area contributed by atoms with E-state index >= 15 is 0 Å². The number of ether oxygens (including phenoxy) is 1. The van der Waals surface area contributed by atoms with Gasteiger partial charge in [0.05, 0.1) is 0 Å². The topological polar surface area (TPSA) is 51.2 Å². The third-order valence-corrected chi connectivity index (χ3v) is 8.54. The standard InChI is InChI=1S/C38H35ClN2O2/c39-33-15-10-29(11-16-33)35-19-14-31(38(42)41-25-27-20-22-40-23-21-27)24-32(35)26-43-34-17-12-30(13-18-34)37-9-5-4-8-36(37)28-6-2-1-3-7-28/h4-5,8-24,28H,1-3,6-7,25-26H2,(H,41,42). The van der Waals surface area contributed by atoms with E-state index < -0.39 is 0 Å². The highest BCUT2D eigenvalue weighted by atomic mass is 35.5. The van der Waals surface area contributed by atoms with Crippen LogP contribution in [0.25, 0.3) is 22.3 Å². The van der Waals surface area contributed by atoms with E-state index in [1.165, 1.54) is 48.8 Å². The number of carbonyl (C=O) groups is 1. The van der Waals surface area contributed by atoms with Crippen molar-refractivity contribution in [3.8, 4) is 28.0 Å². The second-order valence-electron chi connectivity index (χ2n) is 11.2. The van der Waals surface area contributed by atoms with E-state index in [2.05, 4.69) is 46.7 Å². The second kappa shape index (κ2) is 13.7. The molecule has 1 amide bonds. The van der Waals surface area contributed by atoms with Crippen LogP contribution in [-0.2, 0) is 13.2 Å². The molecular weight excluding hydrogens is 552 g/mol. The minimum absolute atomic E-state index is 0.137. The molecule has 1 fully saturated rings. The quantitative estimate of drug-likeness (QED) is 0.187. The highest BCUT2D eigenvalue weighted by Gasteiger charge is 2.19. The molecule has 0 bridgehead atoms. The zero-order valence-corrected chi connectivity index (χ0v) is 24.9. The molecule has 1 aliphatic carbocycles. The Balaban J connectivity index is 1.21. The third kappa shape index (κ3) is 7.15. The summed E-state index contributed by atoms with van der Waals surface area (Å²) in [7, 11) is 0. The van der Waals surface area contributed by atoms with Crippen molar-refractivity contribution in [3.63, 3.8) is 0 Å². The number of hydrogen-bond donors (Lipinski definition) is 1. The normalized spacial score (nSPS) is 13.4. The summed E-state index contributed by atoms with van der Waals surface area (Å²) >= 11 is 6.16. The summed E-state index contributed by atoms with van der Waals surface area (Å²) in [5.41, 5.74) is 8.50. The molecule has 0 aliphatic heterocycles. The van der Waals surface area contributed by atoms with Crippen LogP contribution in [0, 0.1) is 0 Å². The zero-order chi connectivity index (χ0) is 29.4. The maximum Gasteiger partial charge on any atom is 0.251 e. The predicted octanol–water partition coefficient (Wildman–Crippen LogP) is 9.63. The smallest absolute Gasteiger partial charge is 0.251 e. The minimum Gasteiger partial charge on any atom is -0.489 e. The molecule has 4 nitrogen and oxygen atoms in total. The molecule has 43 heavy (non-hydrogen) atoms. The predicted molar refractivity (Wildman–Crippen MR) is 174 cm³/mol. The molecule has 1 N–H and O–H groups in total. The molecule has 0 unspecified atom stereocenters. The molecule has 0 atom stereocenters. The van der Waals surface area contributed by atoms with E-state index in [0.29, 0.717) is 29.7 Å². The van der Waals surface area contributed by atoms with Crippen LogP contribution in [0.4, 0.5) is 0 Å². The van der Waals surface area contributed by atoms with Gasteiger partial charge < -0.3 is 10.1 Å². The third-order valence-electron chi connectivity index (χ3n) is 8.29. The van der Waals surface area contributed by atoms with Crippen molar-refractivity contribution in [2.75, 3.05) is 0 Å². The maximum absolute atomic E-state index is 13.1. The van der Waals surface area contributed by atoms with E-state index in [-0.39, 0.29) is 5.91 Å². The van der Waals surface area contributed by atoms with E-state index in [9.17, 15) is 4.79 Å². The number of hydrogen-bond acceptors (Lipinski definition) is 3. The Hall–Kier alpha value is -4.41. The lowest BCUT2D eigenvalue weighted by Crippen LogP contribution is -2.23. The molecule has 0 radical (unpaired) electrons. The highest BCUT2D eigenvalue weighted by molar-refractivity contribution is 6.30. The minimum atomic E-state index is -0.137. The molecule has 5 heteroatoms. The van der Waals surface area contributed by atoms with Gasteiger partial charge in [-0.1, -0.05) is 85.5 Å². The molecule has 6 rings (SSSR count). The number of carbonyl (C=O) groups excluding carboxylic acids is 1. The van der Waals surface area contributed by atoms with Crippen LogP contribution in [-0.4, -0.2) is 10.9 Å². The second-order valence-corrected chi connectivity index (χ2v) is 11.6. The fourth-order valence-electron chi connectivity index (χ4n) is 5.97. The lowest BCUT2D eigenvalue weighted by molar-refractivity contribution is 0.0950. The van der Waals surface area contributed by atoms with Gasteiger partial charge in [0.2, 0.25) is 0 Å². The molecule has 5 aromatic rings. The molecule has 0 spiro atoms. The number of amides is 1. The maximum atomic E-state index is 13.1. The SMILES string of the molecule is O=C(NCc1ccncc1)c1ccc(-c2ccc(Cl)cc2)c(COc2ccc(-c3ccccc3C3CCCCC3)cc2)c1. The Kier molecular flexibility index (Phi) is 9.15. The zero-order valence-electron chi connectivity index (χ0n) is 24.1. The summed E-state index contributed by atoms with van der Waals surface area (Å²) in [5.74, 6) is 1.29. The average molecular weight is 587 g/mol.